The third-order valence-corrected chi connectivity index (χ3v) is 5.62. The summed E-state index contributed by atoms with van der Waals surface area (Å²) in [6, 6.07) is 7.51. The van der Waals surface area contributed by atoms with E-state index in [2.05, 4.69) is 25.0 Å². The Morgan fingerprint density at radius 1 is 1.08 bits per heavy atom. The zero-order valence-electron chi connectivity index (χ0n) is 13.9. The van der Waals surface area contributed by atoms with Gasteiger partial charge in [-0.25, -0.2) is 5.10 Å². The van der Waals surface area contributed by atoms with Crippen LogP contribution in [0, 0.1) is 0 Å². The van der Waals surface area contributed by atoms with Crippen molar-refractivity contribution in [3.8, 4) is 11.5 Å². The SMILES string of the molecule is O=c1[nH]nc(-c2nnc3n2CCCC32CCOCC2)c2ccccc12. The lowest BCUT2D eigenvalue weighted by atomic mass is 9.74. The highest BCUT2D eigenvalue weighted by atomic mass is 16.5. The van der Waals surface area contributed by atoms with Crippen LogP contribution in [0.2, 0.25) is 0 Å². The summed E-state index contributed by atoms with van der Waals surface area (Å²) in [5.41, 5.74) is 0.580. The molecule has 0 radical (unpaired) electrons. The first-order chi connectivity index (χ1) is 12.3. The number of nitrogens with one attached hydrogen (secondary N) is 1. The zero-order valence-corrected chi connectivity index (χ0v) is 13.9. The maximum absolute atomic E-state index is 12.1. The van der Waals surface area contributed by atoms with Crippen LogP contribution in [0.3, 0.4) is 0 Å². The summed E-state index contributed by atoms with van der Waals surface area (Å²) in [6.07, 6.45) is 4.21. The number of hydrogen-bond acceptors (Lipinski definition) is 5. The summed E-state index contributed by atoms with van der Waals surface area (Å²) in [5.74, 6) is 1.79. The first kappa shape index (κ1) is 14.8. The third-order valence-electron chi connectivity index (χ3n) is 5.62. The molecule has 0 saturated carbocycles. The van der Waals surface area contributed by atoms with Crippen molar-refractivity contribution in [2.75, 3.05) is 13.2 Å². The summed E-state index contributed by atoms with van der Waals surface area (Å²) >= 11 is 0. The Balaban J connectivity index is 1.71. The molecular weight excluding hydrogens is 318 g/mol. The van der Waals surface area contributed by atoms with E-state index in [1.165, 1.54) is 0 Å². The maximum Gasteiger partial charge on any atom is 0.272 e. The van der Waals surface area contributed by atoms with E-state index in [9.17, 15) is 4.79 Å². The molecule has 2 aromatic heterocycles. The number of H-pyrrole nitrogens is 1. The second-order valence-corrected chi connectivity index (χ2v) is 6.94. The number of fused-ring (bicyclic) bond motifs is 3. The number of aromatic nitrogens is 5. The first-order valence-corrected chi connectivity index (χ1v) is 8.78. The van der Waals surface area contributed by atoms with Gasteiger partial charge in [0.25, 0.3) is 5.56 Å². The van der Waals surface area contributed by atoms with Crippen LogP contribution in [0.25, 0.3) is 22.3 Å². The number of nitrogens with zero attached hydrogens (tertiary/aromatic N) is 4. The fourth-order valence-corrected chi connectivity index (χ4v) is 4.29. The van der Waals surface area contributed by atoms with Gasteiger partial charge in [-0.1, -0.05) is 18.2 Å². The molecule has 1 aromatic carbocycles. The monoisotopic (exact) mass is 337 g/mol. The van der Waals surface area contributed by atoms with Gasteiger partial charge < -0.3 is 9.30 Å². The number of rotatable bonds is 1. The molecule has 0 bridgehead atoms. The van der Waals surface area contributed by atoms with Gasteiger partial charge in [0.2, 0.25) is 0 Å². The van der Waals surface area contributed by atoms with E-state index >= 15 is 0 Å². The second kappa shape index (κ2) is 5.49. The molecule has 3 aromatic rings. The molecule has 1 N–H and O–H groups in total. The zero-order chi connectivity index (χ0) is 16.9. The second-order valence-electron chi connectivity index (χ2n) is 6.94. The standard InChI is InChI=1S/C18H19N5O2/c24-16-13-5-2-1-4-12(13)14(19-21-16)15-20-22-17-18(6-3-9-23(15)17)7-10-25-11-8-18/h1-2,4-5H,3,6-11H2,(H,21,24). The molecule has 7 heteroatoms. The van der Waals surface area contributed by atoms with Crippen LogP contribution in [0.4, 0.5) is 0 Å². The Labute approximate surface area is 144 Å². The average molecular weight is 337 g/mol. The van der Waals surface area contributed by atoms with Crippen molar-refractivity contribution in [1.29, 1.82) is 0 Å². The van der Waals surface area contributed by atoms with Gasteiger partial charge in [0.1, 0.15) is 11.5 Å². The first-order valence-electron chi connectivity index (χ1n) is 8.78. The normalized spacial score (nSPS) is 19.2. The average Bonchev–Trinajstić information content (AvgIpc) is 3.09. The molecule has 0 atom stereocenters. The fourth-order valence-electron chi connectivity index (χ4n) is 4.29. The Morgan fingerprint density at radius 3 is 2.72 bits per heavy atom. The van der Waals surface area contributed by atoms with Crippen LogP contribution in [-0.2, 0) is 16.7 Å². The molecule has 4 heterocycles. The van der Waals surface area contributed by atoms with E-state index in [-0.39, 0.29) is 11.0 Å². The van der Waals surface area contributed by atoms with Crippen LogP contribution in [0.5, 0.6) is 0 Å². The molecule has 2 aliphatic heterocycles. The molecule has 0 unspecified atom stereocenters. The molecular formula is C18H19N5O2. The van der Waals surface area contributed by atoms with Crippen LogP contribution < -0.4 is 5.56 Å². The largest absolute Gasteiger partial charge is 0.381 e. The predicted molar refractivity (Wildman–Crippen MR) is 92.3 cm³/mol. The lowest BCUT2D eigenvalue weighted by Crippen LogP contribution is -2.39. The molecule has 25 heavy (non-hydrogen) atoms. The van der Waals surface area contributed by atoms with Gasteiger partial charge in [-0.05, 0) is 31.7 Å². The minimum Gasteiger partial charge on any atom is -0.381 e. The molecule has 0 aliphatic carbocycles. The quantitative estimate of drug-likeness (QED) is 0.734. The molecule has 1 saturated heterocycles. The van der Waals surface area contributed by atoms with Crippen LogP contribution in [0.15, 0.2) is 29.1 Å². The third kappa shape index (κ3) is 2.15. The van der Waals surface area contributed by atoms with Crippen molar-refractivity contribution in [2.45, 2.75) is 37.6 Å². The van der Waals surface area contributed by atoms with Crippen LogP contribution >= 0.6 is 0 Å². The molecule has 0 amide bonds. The lowest BCUT2D eigenvalue weighted by molar-refractivity contribution is 0.0363. The Kier molecular flexibility index (Phi) is 3.24. The van der Waals surface area contributed by atoms with Crippen molar-refractivity contribution in [3.63, 3.8) is 0 Å². The molecule has 5 rings (SSSR count). The molecule has 1 fully saturated rings. The fraction of sp³-hybridized carbons (Fsp3) is 0.444. The van der Waals surface area contributed by atoms with Crippen molar-refractivity contribution >= 4 is 10.8 Å². The summed E-state index contributed by atoms with van der Waals surface area (Å²) in [7, 11) is 0. The van der Waals surface area contributed by atoms with Gasteiger partial charge in [-0.2, -0.15) is 5.10 Å². The van der Waals surface area contributed by atoms with Crippen LogP contribution in [-0.4, -0.2) is 38.2 Å². The van der Waals surface area contributed by atoms with E-state index in [0.717, 1.165) is 62.5 Å². The number of benzene rings is 1. The van der Waals surface area contributed by atoms with Gasteiger partial charge in [-0.15, -0.1) is 10.2 Å². The number of aromatic amines is 1. The van der Waals surface area contributed by atoms with E-state index in [1.54, 1.807) is 0 Å². The predicted octanol–water partition coefficient (Wildman–Crippen LogP) is 2.02. The van der Waals surface area contributed by atoms with E-state index in [1.807, 2.05) is 24.3 Å². The van der Waals surface area contributed by atoms with Crippen molar-refractivity contribution < 1.29 is 4.74 Å². The minimum atomic E-state index is -0.182. The summed E-state index contributed by atoms with van der Waals surface area (Å²) in [4.78, 5) is 12.1. The summed E-state index contributed by atoms with van der Waals surface area (Å²) < 4.78 is 7.76. The maximum atomic E-state index is 12.1. The molecule has 7 nitrogen and oxygen atoms in total. The lowest BCUT2D eigenvalue weighted by Gasteiger charge is -2.39. The summed E-state index contributed by atoms with van der Waals surface area (Å²) in [5, 5.41) is 17.4. The Bertz CT molecular complexity index is 1000. The van der Waals surface area contributed by atoms with Gasteiger partial charge in [0.05, 0.1) is 5.39 Å². The van der Waals surface area contributed by atoms with Crippen molar-refractivity contribution in [3.05, 3.63) is 40.4 Å². The van der Waals surface area contributed by atoms with Gasteiger partial charge >= 0.3 is 0 Å². The number of hydrogen-bond donors (Lipinski definition) is 1. The van der Waals surface area contributed by atoms with Gasteiger partial charge in [0.15, 0.2) is 5.82 Å². The summed E-state index contributed by atoms with van der Waals surface area (Å²) in [6.45, 7) is 2.44. The molecule has 1 spiro atoms. The highest BCUT2D eigenvalue weighted by Gasteiger charge is 2.41. The van der Waals surface area contributed by atoms with Crippen molar-refractivity contribution in [1.82, 2.24) is 25.0 Å². The smallest absolute Gasteiger partial charge is 0.272 e. The highest BCUT2D eigenvalue weighted by Crippen LogP contribution is 2.42. The number of ether oxygens (including phenoxy) is 1. The highest BCUT2D eigenvalue weighted by molar-refractivity contribution is 5.92. The Morgan fingerprint density at radius 2 is 1.88 bits per heavy atom. The topological polar surface area (TPSA) is 85.7 Å². The minimum absolute atomic E-state index is 0.0692. The Hall–Kier alpha value is -2.54. The molecule has 2 aliphatic rings. The van der Waals surface area contributed by atoms with E-state index in [0.29, 0.717) is 11.1 Å². The van der Waals surface area contributed by atoms with Gasteiger partial charge in [0, 0.05) is 30.6 Å². The van der Waals surface area contributed by atoms with Gasteiger partial charge in [-0.3, -0.25) is 4.79 Å². The molecule has 128 valence electrons. The van der Waals surface area contributed by atoms with Crippen LogP contribution in [0.1, 0.15) is 31.5 Å². The van der Waals surface area contributed by atoms with E-state index < -0.39 is 0 Å². The van der Waals surface area contributed by atoms with E-state index in [4.69, 9.17) is 4.74 Å². The van der Waals surface area contributed by atoms with Crippen molar-refractivity contribution in [2.24, 2.45) is 0 Å².